The highest BCUT2D eigenvalue weighted by Gasteiger charge is 2.22. The Bertz CT molecular complexity index is 754. The van der Waals surface area contributed by atoms with E-state index in [2.05, 4.69) is 13.5 Å². The molecule has 3 rings (SSSR count). The number of nitrogens with zero attached hydrogens (tertiary/aromatic N) is 2. The van der Waals surface area contributed by atoms with Crippen LogP contribution in [0.2, 0.25) is 0 Å². The molecule has 1 aromatic carbocycles. The van der Waals surface area contributed by atoms with Crippen LogP contribution in [-0.2, 0) is 30.8 Å². The second-order valence-electron chi connectivity index (χ2n) is 6.28. The highest BCUT2D eigenvalue weighted by atomic mass is 32.1. The molecule has 0 bridgehead atoms. The van der Waals surface area contributed by atoms with Gasteiger partial charge in [-0.3, -0.25) is 4.79 Å². The maximum absolute atomic E-state index is 12.3. The first-order chi connectivity index (χ1) is 11.6. The van der Waals surface area contributed by atoms with Crippen LogP contribution in [0.25, 0.3) is 0 Å². The number of aromatic nitrogens is 1. The van der Waals surface area contributed by atoms with E-state index in [0.29, 0.717) is 12.5 Å². The van der Waals surface area contributed by atoms with Crippen molar-refractivity contribution in [3.05, 3.63) is 58.1 Å². The predicted molar refractivity (Wildman–Crippen MR) is 97.1 cm³/mol. The van der Waals surface area contributed by atoms with E-state index >= 15 is 0 Å². The number of thiazole rings is 1. The zero-order valence-corrected chi connectivity index (χ0v) is 14.7. The standard InChI is InChI=1S/C19H22N2O2S/c1-3-19(23)21(15-6-4-5-14(10-15)12-22)11-18-20-16-8-7-13(2)9-17(16)24-18/h3-6,10,13,22H,1,7-9,11-12H2,2H3. The first kappa shape index (κ1) is 16.9. The molecule has 0 aliphatic heterocycles. The highest BCUT2D eigenvalue weighted by Crippen LogP contribution is 2.31. The van der Waals surface area contributed by atoms with Gasteiger partial charge in [-0.2, -0.15) is 0 Å². The zero-order valence-electron chi connectivity index (χ0n) is 13.9. The summed E-state index contributed by atoms with van der Waals surface area (Å²) in [5.74, 6) is 0.546. The molecule has 2 aromatic rings. The van der Waals surface area contributed by atoms with Gasteiger partial charge in [0, 0.05) is 10.6 Å². The van der Waals surface area contributed by atoms with Crippen LogP contribution in [0.1, 0.15) is 34.5 Å². The summed E-state index contributed by atoms with van der Waals surface area (Å²) in [6.45, 7) is 6.27. The molecule has 4 nitrogen and oxygen atoms in total. The molecule has 1 aliphatic rings. The molecule has 0 radical (unpaired) electrons. The Morgan fingerprint density at radius 2 is 2.38 bits per heavy atom. The normalized spacial score (nSPS) is 16.5. The minimum atomic E-state index is -0.161. The molecule has 1 aliphatic carbocycles. The predicted octanol–water partition coefficient (Wildman–Crippen LogP) is 3.48. The number of aryl methyl sites for hydroxylation is 1. The van der Waals surface area contributed by atoms with E-state index in [1.807, 2.05) is 24.3 Å². The minimum absolute atomic E-state index is 0.0482. The highest BCUT2D eigenvalue weighted by molar-refractivity contribution is 7.11. The van der Waals surface area contributed by atoms with Gasteiger partial charge < -0.3 is 10.0 Å². The van der Waals surface area contributed by atoms with Crippen LogP contribution in [-0.4, -0.2) is 16.0 Å². The average molecular weight is 342 g/mol. The van der Waals surface area contributed by atoms with Crippen LogP contribution >= 0.6 is 11.3 Å². The van der Waals surface area contributed by atoms with Gasteiger partial charge >= 0.3 is 0 Å². The van der Waals surface area contributed by atoms with Gasteiger partial charge in [-0.25, -0.2) is 4.98 Å². The number of benzene rings is 1. The van der Waals surface area contributed by atoms with Crippen molar-refractivity contribution in [2.24, 2.45) is 5.92 Å². The van der Waals surface area contributed by atoms with E-state index < -0.39 is 0 Å². The van der Waals surface area contributed by atoms with E-state index in [1.54, 1.807) is 16.2 Å². The van der Waals surface area contributed by atoms with Gasteiger partial charge in [0.05, 0.1) is 18.8 Å². The molecule has 1 atom stereocenters. The number of anilines is 1. The molecule has 1 heterocycles. The molecule has 1 aromatic heterocycles. The first-order valence-corrected chi connectivity index (χ1v) is 9.03. The van der Waals surface area contributed by atoms with Gasteiger partial charge in [0.2, 0.25) is 0 Å². The maximum Gasteiger partial charge on any atom is 0.250 e. The molecule has 1 unspecified atom stereocenters. The summed E-state index contributed by atoms with van der Waals surface area (Å²) < 4.78 is 0. The fourth-order valence-electron chi connectivity index (χ4n) is 3.03. The number of aliphatic hydroxyl groups excluding tert-OH is 1. The Kier molecular flexibility index (Phi) is 5.11. The lowest BCUT2D eigenvalue weighted by atomic mass is 9.93. The van der Waals surface area contributed by atoms with Crippen molar-refractivity contribution in [1.82, 2.24) is 4.98 Å². The Balaban J connectivity index is 1.87. The summed E-state index contributed by atoms with van der Waals surface area (Å²) in [4.78, 5) is 20.1. The SMILES string of the molecule is C=CC(=O)N(Cc1nc2c(s1)CC(C)CC2)c1cccc(CO)c1. The number of fused-ring (bicyclic) bond motifs is 1. The Labute approximate surface area is 146 Å². The summed E-state index contributed by atoms with van der Waals surface area (Å²) in [6.07, 6.45) is 4.62. The van der Waals surface area contributed by atoms with Crippen LogP contribution in [0.4, 0.5) is 5.69 Å². The second kappa shape index (κ2) is 7.28. The van der Waals surface area contributed by atoms with Crippen molar-refractivity contribution in [3.8, 4) is 0 Å². The van der Waals surface area contributed by atoms with Gasteiger partial charge in [0.1, 0.15) is 5.01 Å². The van der Waals surface area contributed by atoms with E-state index in [1.165, 1.54) is 23.1 Å². The number of rotatable bonds is 5. The third kappa shape index (κ3) is 3.57. The third-order valence-corrected chi connectivity index (χ3v) is 5.47. The topological polar surface area (TPSA) is 53.4 Å². The van der Waals surface area contributed by atoms with E-state index in [9.17, 15) is 9.90 Å². The fourth-order valence-corrected chi connectivity index (χ4v) is 4.29. The Morgan fingerprint density at radius 3 is 3.12 bits per heavy atom. The summed E-state index contributed by atoms with van der Waals surface area (Å²) in [5.41, 5.74) is 2.73. The maximum atomic E-state index is 12.3. The van der Waals surface area contributed by atoms with Gasteiger partial charge in [-0.05, 0) is 49.0 Å². The van der Waals surface area contributed by atoms with Gasteiger partial charge in [0.15, 0.2) is 0 Å². The van der Waals surface area contributed by atoms with Crippen LogP contribution in [0.15, 0.2) is 36.9 Å². The quantitative estimate of drug-likeness (QED) is 0.847. The van der Waals surface area contributed by atoms with Crippen molar-refractivity contribution < 1.29 is 9.90 Å². The minimum Gasteiger partial charge on any atom is -0.392 e. The lowest BCUT2D eigenvalue weighted by molar-refractivity contribution is -0.114. The van der Waals surface area contributed by atoms with Gasteiger partial charge in [-0.1, -0.05) is 25.6 Å². The van der Waals surface area contributed by atoms with Crippen molar-refractivity contribution in [2.75, 3.05) is 4.90 Å². The van der Waals surface area contributed by atoms with E-state index in [0.717, 1.165) is 29.1 Å². The molecular weight excluding hydrogens is 320 g/mol. The molecule has 5 heteroatoms. The fraction of sp³-hybridized carbons (Fsp3) is 0.368. The molecular formula is C19H22N2O2S. The monoisotopic (exact) mass is 342 g/mol. The summed E-state index contributed by atoms with van der Waals surface area (Å²) >= 11 is 1.71. The first-order valence-electron chi connectivity index (χ1n) is 8.22. The van der Waals surface area contributed by atoms with Gasteiger partial charge in [0.25, 0.3) is 5.91 Å². The van der Waals surface area contributed by atoms with Gasteiger partial charge in [-0.15, -0.1) is 11.3 Å². The Morgan fingerprint density at radius 1 is 1.54 bits per heavy atom. The lowest BCUT2D eigenvalue weighted by Crippen LogP contribution is -2.28. The number of carbonyl (C=O) groups is 1. The summed E-state index contributed by atoms with van der Waals surface area (Å²) in [5, 5.41) is 10.3. The Hall–Kier alpha value is -1.98. The summed E-state index contributed by atoms with van der Waals surface area (Å²) in [6, 6.07) is 7.38. The van der Waals surface area contributed by atoms with Crippen LogP contribution in [0.5, 0.6) is 0 Å². The molecule has 1 amide bonds. The van der Waals surface area contributed by atoms with Crippen LogP contribution < -0.4 is 4.90 Å². The second-order valence-corrected chi connectivity index (χ2v) is 7.45. The van der Waals surface area contributed by atoms with Crippen molar-refractivity contribution in [2.45, 2.75) is 39.3 Å². The number of hydrogen-bond acceptors (Lipinski definition) is 4. The molecule has 126 valence electrons. The van der Waals surface area contributed by atoms with Crippen molar-refractivity contribution in [3.63, 3.8) is 0 Å². The number of carbonyl (C=O) groups excluding carboxylic acids is 1. The zero-order chi connectivity index (χ0) is 17.1. The largest absolute Gasteiger partial charge is 0.392 e. The molecule has 24 heavy (non-hydrogen) atoms. The molecule has 0 saturated heterocycles. The molecule has 0 saturated carbocycles. The van der Waals surface area contributed by atoms with E-state index in [-0.39, 0.29) is 12.5 Å². The van der Waals surface area contributed by atoms with Crippen LogP contribution in [0, 0.1) is 5.92 Å². The average Bonchev–Trinajstić information content (AvgIpc) is 3.00. The number of hydrogen-bond donors (Lipinski definition) is 1. The molecule has 0 fully saturated rings. The molecule has 0 spiro atoms. The van der Waals surface area contributed by atoms with E-state index in [4.69, 9.17) is 4.98 Å². The molecule has 1 N–H and O–H groups in total. The smallest absolute Gasteiger partial charge is 0.250 e. The lowest BCUT2D eigenvalue weighted by Gasteiger charge is -2.20. The van der Waals surface area contributed by atoms with Crippen molar-refractivity contribution in [1.29, 1.82) is 0 Å². The third-order valence-electron chi connectivity index (χ3n) is 4.37. The number of aliphatic hydroxyl groups is 1. The number of amides is 1. The van der Waals surface area contributed by atoms with Crippen molar-refractivity contribution >= 4 is 22.9 Å². The van der Waals surface area contributed by atoms with Crippen LogP contribution in [0.3, 0.4) is 0 Å². The summed E-state index contributed by atoms with van der Waals surface area (Å²) in [7, 11) is 0.